The number of anilines is 2. The van der Waals surface area contributed by atoms with Crippen molar-refractivity contribution in [2.45, 2.75) is 38.8 Å². The molecule has 3 N–H and O–H groups in total. The second kappa shape index (κ2) is 9.16. The van der Waals surface area contributed by atoms with Crippen molar-refractivity contribution >= 4 is 23.6 Å². The number of carbonyl (C=O) groups excluding carboxylic acids is 2. The van der Waals surface area contributed by atoms with Crippen molar-refractivity contribution in [3.05, 3.63) is 48.3 Å². The van der Waals surface area contributed by atoms with Gasteiger partial charge in [0, 0.05) is 44.1 Å². The molecule has 8 nitrogen and oxygen atoms in total. The first-order chi connectivity index (χ1) is 13.5. The molecule has 2 atom stereocenters. The number of hydrogen-bond acceptors (Lipinski definition) is 5. The van der Waals surface area contributed by atoms with Gasteiger partial charge in [0.05, 0.1) is 6.04 Å². The molecule has 3 rings (SSSR count). The van der Waals surface area contributed by atoms with Crippen molar-refractivity contribution < 1.29 is 9.59 Å². The summed E-state index contributed by atoms with van der Waals surface area (Å²) in [5, 5.41) is 8.77. The Morgan fingerprint density at radius 1 is 1.21 bits per heavy atom. The van der Waals surface area contributed by atoms with E-state index in [-0.39, 0.29) is 24.0 Å². The van der Waals surface area contributed by atoms with Crippen LogP contribution >= 0.6 is 0 Å². The van der Waals surface area contributed by atoms with Gasteiger partial charge >= 0.3 is 6.03 Å². The fourth-order valence-electron chi connectivity index (χ4n) is 3.33. The van der Waals surface area contributed by atoms with E-state index in [0.29, 0.717) is 18.2 Å². The van der Waals surface area contributed by atoms with Gasteiger partial charge in [-0.3, -0.25) is 4.79 Å². The maximum Gasteiger partial charge on any atom is 0.315 e. The maximum atomic E-state index is 12.5. The van der Waals surface area contributed by atoms with Crippen LogP contribution in [-0.2, 0) is 4.79 Å². The highest BCUT2D eigenvalue weighted by Crippen LogP contribution is 2.18. The number of aromatic nitrogens is 2. The van der Waals surface area contributed by atoms with Gasteiger partial charge in [0.2, 0.25) is 11.9 Å². The quantitative estimate of drug-likeness (QED) is 0.738. The number of nitrogens with zero attached hydrogens (tertiary/aromatic N) is 3. The molecule has 0 spiro atoms. The summed E-state index contributed by atoms with van der Waals surface area (Å²) in [5.74, 6) is 0.567. The van der Waals surface area contributed by atoms with E-state index in [9.17, 15) is 9.59 Å². The average molecular weight is 382 g/mol. The van der Waals surface area contributed by atoms with Crippen molar-refractivity contribution in [1.82, 2.24) is 20.6 Å². The molecular weight excluding hydrogens is 356 g/mol. The van der Waals surface area contributed by atoms with Crippen molar-refractivity contribution in [1.29, 1.82) is 0 Å². The Bertz CT molecular complexity index is 813. The Hall–Kier alpha value is -3.16. The largest absolute Gasteiger partial charge is 0.339 e. The summed E-state index contributed by atoms with van der Waals surface area (Å²) >= 11 is 0. The summed E-state index contributed by atoms with van der Waals surface area (Å²) < 4.78 is 0. The third kappa shape index (κ3) is 5.42. The number of rotatable bonds is 5. The molecule has 3 amide bonds. The summed E-state index contributed by atoms with van der Waals surface area (Å²) in [6.07, 6.45) is 5.34. The maximum absolute atomic E-state index is 12.5. The first kappa shape index (κ1) is 19.6. The molecule has 0 bridgehead atoms. The fourth-order valence-corrected chi connectivity index (χ4v) is 3.33. The van der Waals surface area contributed by atoms with Crippen LogP contribution in [0, 0.1) is 0 Å². The second-order valence-electron chi connectivity index (χ2n) is 6.98. The normalized spacial score (nSPS) is 17.5. The first-order valence-electron chi connectivity index (χ1n) is 9.48. The molecule has 8 heteroatoms. The lowest BCUT2D eigenvalue weighted by Gasteiger charge is -2.33. The molecule has 148 valence electrons. The molecule has 1 aliphatic rings. The zero-order valence-electron chi connectivity index (χ0n) is 16.2. The predicted molar refractivity (Wildman–Crippen MR) is 108 cm³/mol. The standard InChI is InChI=1S/C20H26N6O2/c1-14(16-6-3-7-17(12-16)24-15(2)27)23-20(28)25-18-8-4-11-26(13-18)19-21-9-5-10-22-19/h3,5-7,9-10,12,14,18H,4,8,11,13H2,1-2H3,(H,24,27)(H2,23,25,28). The molecule has 1 fully saturated rings. The van der Waals surface area contributed by atoms with E-state index in [1.54, 1.807) is 18.5 Å². The van der Waals surface area contributed by atoms with Crippen LogP contribution in [0.5, 0.6) is 0 Å². The van der Waals surface area contributed by atoms with Gasteiger partial charge in [0.1, 0.15) is 0 Å². The van der Waals surface area contributed by atoms with Gasteiger partial charge in [-0.15, -0.1) is 0 Å². The van der Waals surface area contributed by atoms with Crippen LogP contribution in [0.2, 0.25) is 0 Å². The second-order valence-corrected chi connectivity index (χ2v) is 6.98. The third-order valence-corrected chi connectivity index (χ3v) is 4.65. The van der Waals surface area contributed by atoms with Gasteiger partial charge in [0.15, 0.2) is 0 Å². The Balaban J connectivity index is 1.54. The van der Waals surface area contributed by atoms with Crippen LogP contribution in [-0.4, -0.2) is 41.0 Å². The van der Waals surface area contributed by atoms with E-state index in [2.05, 4.69) is 30.8 Å². The summed E-state index contributed by atoms with van der Waals surface area (Å²) in [6.45, 7) is 4.95. The number of piperidine rings is 1. The molecule has 0 aliphatic carbocycles. The number of hydrogen-bond donors (Lipinski definition) is 3. The van der Waals surface area contributed by atoms with Crippen molar-refractivity contribution in [3.8, 4) is 0 Å². The summed E-state index contributed by atoms with van der Waals surface area (Å²) in [7, 11) is 0. The van der Waals surface area contributed by atoms with Gasteiger partial charge in [-0.1, -0.05) is 12.1 Å². The molecule has 2 aromatic rings. The van der Waals surface area contributed by atoms with E-state index in [0.717, 1.165) is 24.9 Å². The Kier molecular flexibility index (Phi) is 6.41. The molecule has 1 saturated heterocycles. The van der Waals surface area contributed by atoms with Crippen LogP contribution in [0.15, 0.2) is 42.7 Å². The fraction of sp³-hybridized carbons (Fsp3) is 0.400. The molecule has 0 saturated carbocycles. The SMILES string of the molecule is CC(=O)Nc1cccc(C(C)NC(=O)NC2CCCN(c3ncccn3)C2)c1. The molecular formula is C20H26N6O2. The lowest BCUT2D eigenvalue weighted by molar-refractivity contribution is -0.114. The minimum absolute atomic E-state index is 0.0375. The average Bonchev–Trinajstić information content (AvgIpc) is 2.68. The molecule has 1 aliphatic heterocycles. The Labute approximate surface area is 164 Å². The first-order valence-corrected chi connectivity index (χ1v) is 9.48. The summed E-state index contributed by atoms with van der Waals surface area (Å²) in [6, 6.07) is 8.89. The van der Waals surface area contributed by atoms with E-state index in [4.69, 9.17) is 0 Å². The number of benzene rings is 1. The van der Waals surface area contributed by atoms with Gasteiger partial charge in [-0.25, -0.2) is 14.8 Å². The van der Waals surface area contributed by atoms with Gasteiger partial charge in [-0.2, -0.15) is 0 Å². The van der Waals surface area contributed by atoms with Crippen LogP contribution in [0.25, 0.3) is 0 Å². The zero-order valence-corrected chi connectivity index (χ0v) is 16.2. The molecule has 2 heterocycles. The Morgan fingerprint density at radius 2 is 2.00 bits per heavy atom. The zero-order chi connectivity index (χ0) is 19.9. The Morgan fingerprint density at radius 3 is 2.75 bits per heavy atom. The van der Waals surface area contributed by atoms with Crippen LogP contribution in [0.4, 0.5) is 16.4 Å². The minimum Gasteiger partial charge on any atom is -0.339 e. The minimum atomic E-state index is -0.210. The van der Waals surface area contributed by atoms with Crippen molar-refractivity contribution in [2.24, 2.45) is 0 Å². The smallest absolute Gasteiger partial charge is 0.315 e. The van der Waals surface area contributed by atoms with Crippen molar-refractivity contribution in [3.63, 3.8) is 0 Å². The third-order valence-electron chi connectivity index (χ3n) is 4.65. The summed E-state index contributed by atoms with van der Waals surface area (Å²) in [5.41, 5.74) is 1.63. The van der Waals surface area contributed by atoms with Gasteiger partial charge in [0.25, 0.3) is 0 Å². The number of carbonyl (C=O) groups is 2. The van der Waals surface area contributed by atoms with Crippen LogP contribution in [0.1, 0.15) is 38.3 Å². The van der Waals surface area contributed by atoms with Crippen LogP contribution < -0.4 is 20.9 Å². The van der Waals surface area contributed by atoms with Crippen molar-refractivity contribution in [2.75, 3.05) is 23.3 Å². The molecule has 2 unspecified atom stereocenters. The number of amides is 3. The topological polar surface area (TPSA) is 99.2 Å². The summed E-state index contributed by atoms with van der Waals surface area (Å²) in [4.78, 5) is 34.3. The van der Waals surface area contributed by atoms with Crippen LogP contribution in [0.3, 0.4) is 0 Å². The lowest BCUT2D eigenvalue weighted by Crippen LogP contribution is -2.51. The molecule has 0 radical (unpaired) electrons. The molecule has 28 heavy (non-hydrogen) atoms. The van der Waals surface area contributed by atoms with E-state index < -0.39 is 0 Å². The number of nitrogens with one attached hydrogen (secondary N) is 3. The van der Waals surface area contributed by atoms with Gasteiger partial charge < -0.3 is 20.9 Å². The highest BCUT2D eigenvalue weighted by Gasteiger charge is 2.23. The number of urea groups is 1. The van der Waals surface area contributed by atoms with Gasteiger partial charge in [-0.05, 0) is 43.5 Å². The molecule has 1 aromatic heterocycles. The predicted octanol–water partition coefficient (Wildman–Crippen LogP) is 2.46. The highest BCUT2D eigenvalue weighted by molar-refractivity contribution is 5.88. The lowest BCUT2D eigenvalue weighted by atomic mass is 10.1. The van der Waals surface area contributed by atoms with E-state index in [1.807, 2.05) is 31.2 Å². The highest BCUT2D eigenvalue weighted by atomic mass is 16.2. The van der Waals surface area contributed by atoms with E-state index >= 15 is 0 Å². The molecule has 1 aromatic carbocycles. The van der Waals surface area contributed by atoms with E-state index in [1.165, 1.54) is 6.92 Å². The monoisotopic (exact) mass is 382 g/mol.